The largest absolute Gasteiger partial charge is 0.493 e. The van der Waals surface area contributed by atoms with Gasteiger partial charge in [-0.3, -0.25) is 0 Å². The highest BCUT2D eigenvalue weighted by Gasteiger charge is 2.33. The van der Waals surface area contributed by atoms with E-state index in [1.54, 1.807) is 0 Å². The molecule has 2 aromatic carbocycles. The van der Waals surface area contributed by atoms with E-state index in [1.165, 1.54) is 0 Å². The Labute approximate surface area is 170 Å². The summed E-state index contributed by atoms with van der Waals surface area (Å²) in [5.74, 6) is -0.0733. The third kappa shape index (κ3) is 3.62. The normalized spacial score (nSPS) is 15.0. The van der Waals surface area contributed by atoms with Crippen LogP contribution in [0.15, 0.2) is 42.5 Å². The van der Waals surface area contributed by atoms with Gasteiger partial charge in [-0.05, 0) is 62.9 Å². The molecule has 5 heteroatoms. The quantitative estimate of drug-likeness (QED) is 0.669. The number of para-hydroxylation sites is 1. The summed E-state index contributed by atoms with van der Waals surface area (Å²) in [6, 6.07) is 14.2. The molecule has 2 heterocycles. The zero-order chi connectivity index (χ0) is 20.8. The van der Waals surface area contributed by atoms with Crippen molar-refractivity contribution >= 4 is 16.9 Å². The van der Waals surface area contributed by atoms with Gasteiger partial charge in [0.25, 0.3) is 0 Å². The molecule has 0 radical (unpaired) electrons. The molecular formula is C24H27NO4. The van der Waals surface area contributed by atoms with Crippen LogP contribution in [0, 0.1) is 0 Å². The molecule has 0 saturated carbocycles. The number of carboxylic acids is 1. The molecule has 0 aliphatic carbocycles. The molecule has 0 fully saturated rings. The van der Waals surface area contributed by atoms with Crippen LogP contribution in [0.2, 0.25) is 0 Å². The van der Waals surface area contributed by atoms with Crippen molar-refractivity contribution in [2.24, 2.45) is 7.05 Å². The molecule has 0 spiro atoms. The standard InChI is InChI=1S/C24H27NO4/c1-24(2,3)29-22(23(26)27)21-20(17-9-5-6-10-18(17)25(21)4)16-11-12-19-15(14-16)8-7-13-28-19/h5-6,9-12,14,22H,7-8,13H2,1-4H3,(H,26,27). The maximum Gasteiger partial charge on any atom is 0.339 e. The highest BCUT2D eigenvalue weighted by atomic mass is 16.5. The lowest BCUT2D eigenvalue weighted by Gasteiger charge is -2.26. The highest BCUT2D eigenvalue weighted by Crippen LogP contribution is 2.41. The lowest BCUT2D eigenvalue weighted by atomic mass is 9.95. The summed E-state index contributed by atoms with van der Waals surface area (Å²) in [6.07, 6.45) is 0.878. The second-order valence-corrected chi connectivity index (χ2v) is 8.56. The van der Waals surface area contributed by atoms with Crippen LogP contribution in [0.4, 0.5) is 0 Å². The van der Waals surface area contributed by atoms with Crippen molar-refractivity contribution in [3.63, 3.8) is 0 Å². The number of rotatable bonds is 4. The van der Waals surface area contributed by atoms with Crippen molar-refractivity contribution in [2.75, 3.05) is 6.61 Å². The third-order valence-corrected chi connectivity index (χ3v) is 5.29. The van der Waals surface area contributed by atoms with Gasteiger partial charge in [-0.15, -0.1) is 0 Å². The number of hydrogen-bond acceptors (Lipinski definition) is 3. The van der Waals surface area contributed by atoms with E-state index in [1.807, 2.05) is 68.8 Å². The number of aryl methyl sites for hydroxylation is 2. The van der Waals surface area contributed by atoms with Crippen LogP contribution in [0.25, 0.3) is 22.0 Å². The van der Waals surface area contributed by atoms with Gasteiger partial charge in [0.1, 0.15) is 5.75 Å². The van der Waals surface area contributed by atoms with Crippen molar-refractivity contribution in [1.82, 2.24) is 4.57 Å². The van der Waals surface area contributed by atoms with Crippen LogP contribution in [0.3, 0.4) is 0 Å². The van der Waals surface area contributed by atoms with Gasteiger partial charge in [0.05, 0.1) is 17.9 Å². The summed E-state index contributed by atoms with van der Waals surface area (Å²) < 4.78 is 13.7. The zero-order valence-corrected chi connectivity index (χ0v) is 17.4. The molecule has 3 aromatic rings. The zero-order valence-electron chi connectivity index (χ0n) is 17.4. The van der Waals surface area contributed by atoms with E-state index in [2.05, 4.69) is 6.07 Å². The molecule has 1 N–H and O–H groups in total. The first-order valence-corrected chi connectivity index (χ1v) is 10.0. The molecule has 152 valence electrons. The molecule has 1 aliphatic heterocycles. The number of nitrogens with zero attached hydrogens (tertiary/aromatic N) is 1. The highest BCUT2D eigenvalue weighted by molar-refractivity contribution is 6.00. The molecular weight excluding hydrogens is 366 g/mol. The molecule has 1 aliphatic rings. The summed E-state index contributed by atoms with van der Waals surface area (Å²) in [6.45, 7) is 6.37. The Balaban J connectivity index is 1.98. The van der Waals surface area contributed by atoms with Gasteiger partial charge >= 0.3 is 5.97 Å². The minimum absolute atomic E-state index is 0.597. The summed E-state index contributed by atoms with van der Waals surface area (Å²) >= 11 is 0. The predicted octanol–water partition coefficient (Wildman–Crippen LogP) is 5.11. The van der Waals surface area contributed by atoms with Crippen molar-refractivity contribution in [1.29, 1.82) is 0 Å². The fourth-order valence-corrected chi connectivity index (χ4v) is 4.12. The molecule has 1 atom stereocenters. The predicted molar refractivity (Wildman–Crippen MR) is 113 cm³/mol. The van der Waals surface area contributed by atoms with Crippen LogP contribution < -0.4 is 4.74 Å². The van der Waals surface area contributed by atoms with Crippen LogP contribution >= 0.6 is 0 Å². The topological polar surface area (TPSA) is 60.7 Å². The lowest BCUT2D eigenvalue weighted by Crippen LogP contribution is -2.28. The van der Waals surface area contributed by atoms with Gasteiger partial charge in [0.2, 0.25) is 0 Å². The Morgan fingerprint density at radius 2 is 1.97 bits per heavy atom. The first kappa shape index (κ1) is 19.5. The van der Waals surface area contributed by atoms with Crippen molar-refractivity contribution < 1.29 is 19.4 Å². The summed E-state index contributed by atoms with van der Waals surface area (Å²) in [4.78, 5) is 12.3. The first-order chi connectivity index (χ1) is 13.8. The van der Waals surface area contributed by atoms with Gasteiger partial charge in [-0.25, -0.2) is 4.79 Å². The number of aromatic nitrogens is 1. The summed E-state index contributed by atoms with van der Waals surface area (Å²) in [5.41, 5.74) is 4.11. The second-order valence-electron chi connectivity index (χ2n) is 8.56. The van der Waals surface area contributed by atoms with E-state index in [0.717, 1.165) is 52.8 Å². The SMILES string of the molecule is Cn1c(C(OC(C)(C)C)C(=O)O)c(-c2ccc3c(c2)CCCO3)c2ccccc21. The molecule has 5 nitrogen and oxygen atoms in total. The first-order valence-electron chi connectivity index (χ1n) is 10.0. The minimum atomic E-state index is -1.07. The number of benzene rings is 2. The van der Waals surface area contributed by atoms with E-state index in [-0.39, 0.29) is 0 Å². The molecule has 0 bridgehead atoms. The number of carbonyl (C=O) groups is 1. The molecule has 1 aromatic heterocycles. The lowest BCUT2D eigenvalue weighted by molar-refractivity contribution is -0.161. The molecule has 1 unspecified atom stereocenters. The number of aliphatic carboxylic acids is 1. The minimum Gasteiger partial charge on any atom is -0.493 e. The van der Waals surface area contributed by atoms with Gasteiger partial charge in [-0.2, -0.15) is 0 Å². The molecule has 29 heavy (non-hydrogen) atoms. The van der Waals surface area contributed by atoms with E-state index >= 15 is 0 Å². The smallest absolute Gasteiger partial charge is 0.339 e. The summed E-state index contributed by atoms with van der Waals surface area (Å²) in [7, 11) is 1.91. The average Bonchev–Trinajstić information content (AvgIpc) is 2.97. The Hall–Kier alpha value is -2.79. The van der Waals surface area contributed by atoms with Crippen molar-refractivity contribution in [2.45, 2.75) is 45.3 Å². The number of hydrogen-bond donors (Lipinski definition) is 1. The Morgan fingerprint density at radius 3 is 2.69 bits per heavy atom. The number of ether oxygens (including phenoxy) is 2. The van der Waals surface area contributed by atoms with Crippen molar-refractivity contribution in [3.8, 4) is 16.9 Å². The Morgan fingerprint density at radius 1 is 1.21 bits per heavy atom. The third-order valence-electron chi connectivity index (χ3n) is 5.29. The van der Waals surface area contributed by atoms with Crippen molar-refractivity contribution in [3.05, 3.63) is 53.7 Å². The van der Waals surface area contributed by atoms with Gasteiger partial charge in [0, 0.05) is 23.5 Å². The Kier molecular flexibility index (Phi) is 4.87. The number of carboxylic acid groups (broad SMARTS) is 1. The average molecular weight is 393 g/mol. The molecule has 0 saturated heterocycles. The van der Waals surface area contributed by atoms with E-state index in [4.69, 9.17) is 9.47 Å². The molecule has 0 amide bonds. The van der Waals surface area contributed by atoms with E-state index in [0.29, 0.717) is 5.69 Å². The fourth-order valence-electron chi connectivity index (χ4n) is 4.12. The van der Waals surface area contributed by atoms with Gasteiger partial charge in [0.15, 0.2) is 6.10 Å². The monoisotopic (exact) mass is 393 g/mol. The van der Waals surface area contributed by atoms with Gasteiger partial charge < -0.3 is 19.1 Å². The van der Waals surface area contributed by atoms with Crippen LogP contribution in [0.1, 0.15) is 44.6 Å². The maximum absolute atomic E-state index is 12.3. The Bertz CT molecular complexity index is 1070. The van der Waals surface area contributed by atoms with Crippen LogP contribution in [-0.4, -0.2) is 27.9 Å². The molecule has 4 rings (SSSR count). The van der Waals surface area contributed by atoms with Gasteiger partial charge in [-0.1, -0.05) is 24.3 Å². The van der Waals surface area contributed by atoms with E-state index in [9.17, 15) is 9.90 Å². The maximum atomic E-state index is 12.3. The number of fused-ring (bicyclic) bond motifs is 2. The van der Waals surface area contributed by atoms with Crippen LogP contribution in [-0.2, 0) is 23.0 Å². The second kappa shape index (κ2) is 7.23. The summed E-state index contributed by atoms with van der Waals surface area (Å²) in [5, 5.41) is 11.1. The van der Waals surface area contributed by atoms with E-state index < -0.39 is 17.7 Å². The van der Waals surface area contributed by atoms with Crippen LogP contribution in [0.5, 0.6) is 5.75 Å². The fraction of sp³-hybridized carbons (Fsp3) is 0.375.